The first-order chi connectivity index (χ1) is 15.3. The van der Waals surface area contributed by atoms with Crippen molar-refractivity contribution in [2.75, 3.05) is 38.0 Å². The van der Waals surface area contributed by atoms with Gasteiger partial charge in [0.2, 0.25) is 0 Å². The average molecular weight is 429 g/mol. The molecule has 0 atom stereocenters. The van der Waals surface area contributed by atoms with E-state index in [1.807, 2.05) is 24.3 Å². The van der Waals surface area contributed by atoms with Gasteiger partial charge in [0.1, 0.15) is 5.84 Å². The number of nitrogens with one attached hydrogen (secondary N) is 1. The van der Waals surface area contributed by atoms with Gasteiger partial charge in [0, 0.05) is 49.0 Å². The molecule has 1 N–H and O–H groups in total. The SMILES string of the molecule is Clc1ccc2c(c1)N=C(N1CCN(C/C=C\c3ccccc3)CC1)c1ccccc1N2. The summed E-state index contributed by atoms with van der Waals surface area (Å²) in [4.78, 5) is 9.94. The molecule has 0 radical (unpaired) electrons. The van der Waals surface area contributed by atoms with E-state index in [9.17, 15) is 0 Å². The summed E-state index contributed by atoms with van der Waals surface area (Å²) in [7, 11) is 0. The minimum absolute atomic E-state index is 0.699. The zero-order chi connectivity index (χ0) is 21.0. The molecule has 0 amide bonds. The van der Waals surface area contributed by atoms with Gasteiger partial charge < -0.3 is 10.2 Å². The van der Waals surface area contributed by atoms with Crippen molar-refractivity contribution in [3.63, 3.8) is 0 Å². The molecule has 3 aromatic carbocycles. The van der Waals surface area contributed by atoms with Gasteiger partial charge in [0.15, 0.2) is 0 Å². The zero-order valence-corrected chi connectivity index (χ0v) is 18.1. The van der Waals surface area contributed by atoms with Crippen LogP contribution >= 0.6 is 11.6 Å². The summed E-state index contributed by atoms with van der Waals surface area (Å²) in [5.41, 5.74) is 5.32. The molecule has 2 aliphatic rings. The van der Waals surface area contributed by atoms with E-state index in [-0.39, 0.29) is 0 Å². The molecule has 0 saturated carbocycles. The van der Waals surface area contributed by atoms with Gasteiger partial charge in [0.25, 0.3) is 0 Å². The molecule has 3 aromatic rings. The molecule has 31 heavy (non-hydrogen) atoms. The van der Waals surface area contributed by atoms with Crippen LogP contribution in [0, 0.1) is 0 Å². The van der Waals surface area contributed by atoms with Crippen LogP contribution in [0.1, 0.15) is 11.1 Å². The lowest BCUT2D eigenvalue weighted by atomic mass is 10.1. The molecule has 156 valence electrons. The third kappa shape index (κ3) is 4.50. The highest BCUT2D eigenvalue weighted by Gasteiger charge is 2.24. The number of rotatable bonds is 3. The van der Waals surface area contributed by atoms with Crippen molar-refractivity contribution in [2.45, 2.75) is 0 Å². The van der Waals surface area contributed by atoms with Crippen LogP contribution in [0.2, 0.25) is 5.02 Å². The van der Waals surface area contributed by atoms with Gasteiger partial charge >= 0.3 is 0 Å². The van der Waals surface area contributed by atoms with Crippen LogP contribution in [0.5, 0.6) is 0 Å². The van der Waals surface area contributed by atoms with Crippen molar-refractivity contribution in [3.05, 3.63) is 95.0 Å². The Morgan fingerprint density at radius 1 is 0.871 bits per heavy atom. The highest BCUT2D eigenvalue weighted by Crippen LogP contribution is 2.36. The first-order valence-corrected chi connectivity index (χ1v) is 11.1. The van der Waals surface area contributed by atoms with Crippen LogP contribution in [0.3, 0.4) is 0 Å². The predicted octanol–water partition coefficient (Wildman–Crippen LogP) is 5.81. The Hall–Kier alpha value is -3.08. The second-order valence-electron chi connectivity index (χ2n) is 7.87. The quantitative estimate of drug-likeness (QED) is 0.571. The van der Waals surface area contributed by atoms with E-state index in [1.165, 1.54) is 5.56 Å². The topological polar surface area (TPSA) is 30.9 Å². The standard InChI is InChI=1S/C26H25ClN4/c27-21-12-13-24-25(19-21)29-26(22-10-4-5-11-23(22)28-24)31-17-15-30(16-18-31)14-6-9-20-7-2-1-3-8-20/h1-13,19,28H,14-18H2/b9-6-. The number of hydrogen-bond acceptors (Lipinski definition) is 4. The van der Waals surface area contributed by atoms with Crippen LogP contribution in [0.25, 0.3) is 6.08 Å². The van der Waals surface area contributed by atoms with Crippen LogP contribution in [-0.4, -0.2) is 48.4 Å². The maximum atomic E-state index is 6.26. The van der Waals surface area contributed by atoms with Crippen molar-refractivity contribution in [1.29, 1.82) is 0 Å². The van der Waals surface area contributed by atoms with E-state index in [4.69, 9.17) is 16.6 Å². The second-order valence-corrected chi connectivity index (χ2v) is 8.30. The predicted molar refractivity (Wildman–Crippen MR) is 131 cm³/mol. The molecular formula is C26H25ClN4. The van der Waals surface area contributed by atoms with E-state index in [2.05, 4.69) is 75.8 Å². The molecule has 1 saturated heterocycles. The number of piperazine rings is 1. The Labute approximate surface area is 188 Å². The maximum absolute atomic E-state index is 6.26. The molecule has 5 rings (SSSR count). The average Bonchev–Trinajstić information content (AvgIpc) is 2.97. The summed E-state index contributed by atoms with van der Waals surface area (Å²) >= 11 is 6.26. The minimum atomic E-state index is 0.699. The van der Waals surface area contributed by atoms with Crippen LogP contribution in [0.4, 0.5) is 17.1 Å². The highest BCUT2D eigenvalue weighted by atomic mass is 35.5. The Morgan fingerprint density at radius 3 is 2.48 bits per heavy atom. The van der Waals surface area contributed by atoms with Gasteiger partial charge in [-0.1, -0.05) is 66.2 Å². The Morgan fingerprint density at radius 2 is 1.65 bits per heavy atom. The smallest absolute Gasteiger partial charge is 0.138 e. The van der Waals surface area contributed by atoms with E-state index >= 15 is 0 Å². The van der Waals surface area contributed by atoms with Crippen molar-refractivity contribution >= 4 is 40.6 Å². The molecule has 4 nitrogen and oxygen atoms in total. The fourth-order valence-electron chi connectivity index (χ4n) is 4.09. The number of nitrogens with zero attached hydrogens (tertiary/aromatic N) is 3. The number of halogens is 1. The number of anilines is 2. The molecule has 2 heterocycles. The first kappa shape index (κ1) is 19.9. The summed E-state index contributed by atoms with van der Waals surface area (Å²) in [5, 5.41) is 4.23. The third-order valence-electron chi connectivity index (χ3n) is 5.77. The van der Waals surface area contributed by atoms with E-state index in [0.717, 1.165) is 61.2 Å². The molecule has 0 aromatic heterocycles. The normalized spacial score (nSPS) is 16.3. The molecule has 1 fully saturated rings. The minimum Gasteiger partial charge on any atom is -0.353 e. The van der Waals surface area contributed by atoms with Gasteiger partial charge in [-0.2, -0.15) is 0 Å². The van der Waals surface area contributed by atoms with Crippen LogP contribution in [-0.2, 0) is 0 Å². The van der Waals surface area contributed by atoms with Gasteiger partial charge in [-0.05, 0) is 35.9 Å². The molecular weight excluding hydrogens is 404 g/mol. The van der Waals surface area contributed by atoms with E-state index < -0.39 is 0 Å². The zero-order valence-electron chi connectivity index (χ0n) is 17.3. The van der Waals surface area contributed by atoms with Crippen molar-refractivity contribution in [1.82, 2.24) is 9.80 Å². The van der Waals surface area contributed by atoms with Crippen molar-refractivity contribution in [3.8, 4) is 0 Å². The number of hydrogen-bond donors (Lipinski definition) is 1. The lowest BCUT2D eigenvalue weighted by Gasteiger charge is -2.36. The molecule has 2 aliphatic heterocycles. The number of aliphatic imine (C=N–C) groups is 1. The fraction of sp³-hybridized carbons (Fsp3) is 0.192. The molecule has 5 heteroatoms. The summed E-state index contributed by atoms with van der Waals surface area (Å²) in [5.74, 6) is 1.02. The Bertz CT molecular complexity index is 1120. The summed E-state index contributed by atoms with van der Waals surface area (Å²) in [6, 6.07) is 24.7. The van der Waals surface area contributed by atoms with Gasteiger partial charge in [-0.15, -0.1) is 0 Å². The largest absolute Gasteiger partial charge is 0.353 e. The molecule has 0 unspecified atom stereocenters. The van der Waals surface area contributed by atoms with Crippen molar-refractivity contribution < 1.29 is 0 Å². The molecule has 0 bridgehead atoms. The summed E-state index contributed by atoms with van der Waals surface area (Å²) in [6.07, 6.45) is 4.45. The van der Waals surface area contributed by atoms with Crippen molar-refractivity contribution in [2.24, 2.45) is 4.99 Å². The second kappa shape index (κ2) is 8.96. The molecule has 0 spiro atoms. The highest BCUT2D eigenvalue weighted by molar-refractivity contribution is 6.31. The lowest BCUT2D eigenvalue weighted by molar-refractivity contribution is 0.198. The number of amidine groups is 1. The summed E-state index contributed by atoms with van der Waals surface area (Å²) < 4.78 is 0. The van der Waals surface area contributed by atoms with Gasteiger partial charge in [-0.25, -0.2) is 4.99 Å². The fourth-order valence-corrected chi connectivity index (χ4v) is 4.26. The van der Waals surface area contributed by atoms with E-state index in [0.29, 0.717) is 5.02 Å². The summed E-state index contributed by atoms with van der Waals surface area (Å²) in [6.45, 7) is 4.88. The van der Waals surface area contributed by atoms with Crippen LogP contribution in [0.15, 0.2) is 83.9 Å². The number of para-hydroxylation sites is 1. The third-order valence-corrected chi connectivity index (χ3v) is 6.00. The first-order valence-electron chi connectivity index (χ1n) is 10.7. The number of fused-ring (bicyclic) bond motifs is 2. The lowest BCUT2D eigenvalue weighted by Crippen LogP contribution is -2.48. The van der Waals surface area contributed by atoms with Gasteiger partial charge in [0.05, 0.1) is 11.4 Å². The number of benzene rings is 3. The monoisotopic (exact) mass is 428 g/mol. The van der Waals surface area contributed by atoms with Gasteiger partial charge in [-0.3, -0.25) is 4.90 Å². The Balaban J connectivity index is 1.32. The maximum Gasteiger partial charge on any atom is 0.138 e. The Kier molecular flexibility index (Phi) is 5.74. The molecule has 0 aliphatic carbocycles. The van der Waals surface area contributed by atoms with E-state index in [1.54, 1.807) is 0 Å². The van der Waals surface area contributed by atoms with Crippen LogP contribution < -0.4 is 5.32 Å².